The summed E-state index contributed by atoms with van der Waals surface area (Å²) in [6.07, 6.45) is 0. The molecule has 0 fully saturated rings. The van der Waals surface area contributed by atoms with E-state index < -0.39 is 8.96 Å². The molecule has 62 valence electrons. The minimum Gasteiger partial charge on any atom is -0.327 e. The molecule has 2 heteroatoms. The van der Waals surface area contributed by atoms with Crippen LogP contribution in [0.5, 0.6) is 0 Å². The van der Waals surface area contributed by atoms with E-state index in [4.69, 9.17) is 0 Å². The Bertz CT molecular complexity index is 57.7. The summed E-state index contributed by atoms with van der Waals surface area (Å²) < 4.78 is 2.67. The summed E-state index contributed by atoms with van der Waals surface area (Å²) in [6, 6.07) is 2.86. The van der Waals surface area contributed by atoms with E-state index in [1.807, 2.05) is 0 Å². The van der Waals surface area contributed by atoms with Crippen molar-refractivity contribution in [3.8, 4) is 0 Å². The molecule has 0 aliphatic carbocycles. The largest absolute Gasteiger partial charge is 0.327 e. The fraction of sp³-hybridized carbons (Fsp3) is 1.00. The van der Waals surface area contributed by atoms with Crippen molar-refractivity contribution in [1.82, 2.24) is 4.57 Å². The molecule has 1 nitrogen and oxygen atoms in total. The van der Waals surface area contributed by atoms with Crippen molar-refractivity contribution in [1.29, 1.82) is 0 Å². The van der Waals surface area contributed by atoms with Gasteiger partial charge in [-0.25, -0.2) is 0 Å². The Morgan fingerprint density at radius 3 is 1.40 bits per heavy atom. The molecule has 0 unspecified atom stereocenters. The van der Waals surface area contributed by atoms with Crippen LogP contribution in [0.3, 0.4) is 0 Å². The van der Waals surface area contributed by atoms with Gasteiger partial charge in [-0.2, -0.15) is 0 Å². The first kappa shape index (κ1) is 10.2. The third-order valence-corrected chi connectivity index (χ3v) is 5.92. The highest BCUT2D eigenvalue weighted by atomic mass is 28.3. The summed E-state index contributed by atoms with van der Waals surface area (Å²) in [5, 5.41) is 0. The molecule has 0 amide bonds. The highest BCUT2D eigenvalue weighted by Gasteiger charge is 2.11. The van der Waals surface area contributed by atoms with E-state index in [9.17, 15) is 0 Å². The highest BCUT2D eigenvalue weighted by molar-refractivity contribution is 6.55. The summed E-state index contributed by atoms with van der Waals surface area (Å²) in [7, 11) is -0.474. The standard InChI is InChI=1S/C8H21NSi/c1-5-9(6-2)10(7-3)8-4/h10H,5-8H2,1-4H3. The quantitative estimate of drug-likeness (QED) is 0.555. The molecule has 0 aromatic carbocycles. The lowest BCUT2D eigenvalue weighted by Gasteiger charge is -2.26. The molecule has 0 N–H and O–H groups in total. The molecule has 0 saturated carbocycles. The average Bonchev–Trinajstić information content (AvgIpc) is 2.00. The van der Waals surface area contributed by atoms with Gasteiger partial charge in [0.25, 0.3) is 0 Å². The first-order valence-corrected chi connectivity index (χ1v) is 6.68. The van der Waals surface area contributed by atoms with E-state index in [-0.39, 0.29) is 0 Å². The van der Waals surface area contributed by atoms with Gasteiger partial charge in [-0.05, 0) is 25.2 Å². The lowest BCUT2D eigenvalue weighted by molar-refractivity contribution is 0.476. The van der Waals surface area contributed by atoms with Gasteiger partial charge in [0.05, 0.1) is 0 Å². The van der Waals surface area contributed by atoms with Crippen molar-refractivity contribution in [3.05, 3.63) is 0 Å². The third kappa shape index (κ3) is 2.84. The number of nitrogens with zero attached hydrogens (tertiary/aromatic N) is 1. The van der Waals surface area contributed by atoms with E-state index in [0.29, 0.717) is 0 Å². The molecule has 0 radical (unpaired) electrons. The van der Waals surface area contributed by atoms with Gasteiger partial charge in [0.2, 0.25) is 0 Å². The Morgan fingerprint density at radius 2 is 1.30 bits per heavy atom. The second-order valence-corrected chi connectivity index (χ2v) is 6.36. The van der Waals surface area contributed by atoms with Gasteiger partial charge in [-0.3, -0.25) is 0 Å². The van der Waals surface area contributed by atoms with Crippen molar-refractivity contribution in [2.45, 2.75) is 39.8 Å². The first-order valence-electron chi connectivity index (χ1n) is 4.54. The SMILES string of the molecule is CCN(CC)[SiH](CC)CC. The van der Waals surface area contributed by atoms with Crippen LogP contribution in [0.1, 0.15) is 27.7 Å². The van der Waals surface area contributed by atoms with Gasteiger partial charge in [0.15, 0.2) is 0 Å². The molecule has 0 aliphatic heterocycles. The Labute approximate surface area is 67.1 Å². The molecule has 0 atom stereocenters. The van der Waals surface area contributed by atoms with Crippen LogP contribution < -0.4 is 0 Å². The molecule has 0 heterocycles. The maximum atomic E-state index is 2.67. The first-order chi connectivity index (χ1) is 4.79. The maximum Gasteiger partial charge on any atom is 0.111 e. The lowest BCUT2D eigenvalue weighted by atomic mass is 10.7. The predicted octanol–water partition coefficient (Wildman–Crippen LogP) is 2.09. The molecule has 0 aromatic heterocycles. The van der Waals surface area contributed by atoms with Crippen LogP contribution in [0.2, 0.25) is 12.1 Å². The summed E-state index contributed by atoms with van der Waals surface area (Å²) in [5.41, 5.74) is 0. The molecule has 0 aromatic rings. The van der Waals surface area contributed by atoms with Gasteiger partial charge >= 0.3 is 0 Å². The van der Waals surface area contributed by atoms with E-state index in [2.05, 4.69) is 32.3 Å². The summed E-state index contributed by atoms with van der Waals surface area (Å²) >= 11 is 0. The van der Waals surface area contributed by atoms with E-state index in [1.54, 1.807) is 0 Å². The normalized spacial score (nSPS) is 11.4. The topological polar surface area (TPSA) is 3.24 Å². The molecule has 0 aliphatic rings. The molecule has 0 saturated heterocycles. The Morgan fingerprint density at radius 1 is 0.900 bits per heavy atom. The zero-order chi connectivity index (χ0) is 7.98. The minimum absolute atomic E-state index is 0.474. The monoisotopic (exact) mass is 159 g/mol. The molecular formula is C8H21NSi. The highest BCUT2D eigenvalue weighted by Crippen LogP contribution is 2.03. The van der Waals surface area contributed by atoms with Crippen LogP contribution >= 0.6 is 0 Å². The van der Waals surface area contributed by atoms with Crippen molar-refractivity contribution < 1.29 is 0 Å². The zero-order valence-electron chi connectivity index (χ0n) is 7.85. The van der Waals surface area contributed by atoms with Crippen molar-refractivity contribution in [2.75, 3.05) is 13.1 Å². The van der Waals surface area contributed by atoms with E-state index >= 15 is 0 Å². The predicted molar refractivity (Wildman–Crippen MR) is 51.0 cm³/mol. The minimum atomic E-state index is -0.474. The Kier molecular flexibility index (Phi) is 6.03. The summed E-state index contributed by atoms with van der Waals surface area (Å²) in [5.74, 6) is 0. The van der Waals surface area contributed by atoms with Crippen molar-refractivity contribution >= 4 is 8.96 Å². The van der Waals surface area contributed by atoms with Crippen LogP contribution in [0.15, 0.2) is 0 Å². The van der Waals surface area contributed by atoms with Gasteiger partial charge < -0.3 is 4.57 Å². The number of hydrogen-bond acceptors (Lipinski definition) is 1. The van der Waals surface area contributed by atoms with E-state index in [0.717, 1.165) is 0 Å². The van der Waals surface area contributed by atoms with Crippen molar-refractivity contribution in [2.24, 2.45) is 0 Å². The third-order valence-electron chi connectivity index (χ3n) is 2.27. The van der Waals surface area contributed by atoms with Crippen molar-refractivity contribution in [3.63, 3.8) is 0 Å². The Hall–Kier alpha value is 0.177. The van der Waals surface area contributed by atoms with Crippen LogP contribution in [0, 0.1) is 0 Å². The lowest BCUT2D eigenvalue weighted by Crippen LogP contribution is -2.37. The maximum absolute atomic E-state index is 2.67. The second kappa shape index (κ2) is 5.92. The molecule has 0 bridgehead atoms. The van der Waals surface area contributed by atoms with Gasteiger partial charge in [-0.15, -0.1) is 0 Å². The molecule has 0 spiro atoms. The molecule has 10 heavy (non-hydrogen) atoms. The number of rotatable bonds is 5. The average molecular weight is 159 g/mol. The summed E-state index contributed by atoms with van der Waals surface area (Å²) in [4.78, 5) is 0. The van der Waals surface area contributed by atoms with Gasteiger partial charge in [-0.1, -0.05) is 27.7 Å². The zero-order valence-corrected chi connectivity index (χ0v) is 9.01. The van der Waals surface area contributed by atoms with Gasteiger partial charge in [0.1, 0.15) is 8.96 Å². The molecular weight excluding hydrogens is 138 g/mol. The van der Waals surface area contributed by atoms with Crippen LogP contribution in [-0.4, -0.2) is 26.6 Å². The second-order valence-electron chi connectivity index (χ2n) is 2.69. The van der Waals surface area contributed by atoms with E-state index in [1.165, 1.54) is 25.2 Å². The fourth-order valence-corrected chi connectivity index (χ4v) is 4.19. The van der Waals surface area contributed by atoms with Crippen LogP contribution in [0.4, 0.5) is 0 Å². The summed E-state index contributed by atoms with van der Waals surface area (Å²) in [6.45, 7) is 11.7. The van der Waals surface area contributed by atoms with Crippen LogP contribution in [-0.2, 0) is 0 Å². The van der Waals surface area contributed by atoms with Crippen LogP contribution in [0.25, 0.3) is 0 Å². The Balaban J connectivity index is 3.70. The smallest absolute Gasteiger partial charge is 0.111 e. The molecule has 0 rings (SSSR count). The van der Waals surface area contributed by atoms with Gasteiger partial charge in [0, 0.05) is 0 Å². The fourth-order valence-electron chi connectivity index (χ4n) is 1.55. The number of hydrogen-bond donors (Lipinski definition) is 0.